The molecule has 0 fully saturated rings. The topological polar surface area (TPSA) is 28.1 Å². The summed E-state index contributed by atoms with van der Waals surface area (Å²) in [4.78, 5) is 7.28. The Balaban J connectivity index is 2.22. The van der Waals surface area contributed by atoms with E-state index in [1.165, 1.54) is 16.5 Å². The molecule has 1 N–H and O–H groups in total. The minimum Gasteiger partial charge on any atom is -0.354 e. The van der Waals surface area contributed by atoms with Crippen molar-refractivity contribution in [1.29, 1.82) is 0 Å². The van der Waals surface area contributed by atoms with Crippen LogP contribution in [-0.4, -0.2) is 11.2 Å². The van der Waals surface area contributed by atoms with Crippen LogP contribution >= 0.6 is 0 Å². The maximum atomic E-state index is 3.94. The SMILES string of the molecule is C1=NC=C1c1cc2ccccc2[nH]1. The van der Waals surface area contributed by atoms with Gasteiger partial charge in [-0.05, 0) is 12.1 Å². The maximum absolute atomic E-state index is 3.94. The highest BCUT2D eigenvalue weighted by Gasteiger charge is 2.06. The summed E-state index contributed by atoms with van der Waals surface area (Å²) >= 11 is 0. The number of benzene rings is 1. The maximum Gasteiger partial charge on any atom is 0.0496 e. The number of para-hydroxylation sites is 1. The Morgan fingerprint density at radius 1 is 1.15 bits per heavy atom. The van der Waals surface area contributed by atoms with Crippen LogP contribution in [0.5, 0.6) is 0 Å². The average Bonchev–Trinajstić information content (AvgIpc) is 2.43. The third-order valence-corrected chi connectivity index (χ3v) is 2.27. The van der Waals surface area contributed by atoms with E-state index in [1.807, 2.05) is 24.5 Å². The number of allylic oxidation sites excluding steroid dienone is 1. The number of aromatic nitrogens is 1. The number of aromatic amines is 1. The Morgan fingerprint density at radius 3 is 2.69 bits per heavy atom. The number of fused-ring (bicyclic) bond motifs is 1. The molecule has 13 heavy (non-hydrogen) atoms. The molecule has 1 aliphatic rings. The summed E-state index contributed by atoms with van der Waals surface area (Å²) in [5, 5.41) is 1.25. The van der Waals surface area contributed by atoms with Crippen LogP contribution in [0, 0.1) is 0 Å². The molecule has 1 aliphatic heterocycles. The third-order valence-electron chi connectivity index (χ3n) is 2.27. The van der Waals surface area contributed by atoms with Gasteiger partial charge in [0.25, 0.3) is 0 Å². The highest BCUT2D eigenvalue weighted by atomic mass is 14.8. The molecule has 0 radical (unpaired) electrons. The fourth-order valence-electron chi connectivity index (χ4n) is 1.52. The summed E-state index contributed by atoms with van der Waals surface area (Å²) < 4.78 is 0. The monoisotopic (exact) mass is 168 g/mol. The first kappa shape index (κ1) is 6.66. The number of nitrogens with one attached hydrogen (secondary N) is 1. The van der Waals surface area contributed by atoms with Crippen LogP contribution in [0.3, 0.4) is 0 Å². The third kappa shape index (κ3) is 0.920. The predicted molar refractivity (Wildman–Crippen MR) is 54.8 cm³/mol. The second-order valence-corrected chi connectivity index (χ2v) is 3.13. The zero-order valence-electron chi connectivity index (χ0n) is 6.99. The van der Waals surface area contributed by atoms with Gasteiger partial charge < -0.3 is 4.98 Å². The Morgan fingerprint density at radius 2 is 2.00 bits per heavy atom. The number of hydrogen-bond acceptors (Lipinski definition) is 1. The van der Waals surface area contributed by atoms with Crippen LogP contribution in [0.15, 0.2) is 41.5 Å². The number of hydrogen-bond donors (Lipinski definition) is 1. The standard InChI is InChI=1S/C11H8N2/c1-2-4-10-8(3-1)5-11(13-10)9-6-12-7-9/h1-7,13H. The first-order valence-corrected chi connectivity index (χ1v) is 4.25. The molecule has 1 aromatic carbocycles. The van der Waals surface area contributed by atoms with Gasteiger partial charge in [0.1, 0.15) is 0 Å². The summed E-state index contributed by atoms with van der Waals surface area (Å²) in [5.41, 5.74) is 3.51. The van der Waals surface area contributed by atoms with Crippen LogP contribution in [0.4, 0.5) is 0 Å². The molecule has 3 rings (SSSR count). The highest BCUT2D eigenvalue weighted by Crippen LogP contribution is 2.22. The largest absolute Gasteiger partial charge is 0.354 e. The van der Waals surface area contributed by atoms with Gasteiger partial charge in [-0.3, -0.25) is 4.99 Å². The number of nitrogens with zero attached hydrogens (tertiary/aromatic N) is 1. The van der Waals surface area contributed by atoms with E-state index in [9.17, 15) is 0 Å². The van der Waals surface area contributed by atoms with Crippen LogP contribution in [0.2, 0.25) is 0 Å². The van der Waals surface area contributed by atoms with Crippen LogP contribution in [-0.2, 0) is 0 Å². The quantitative estimate of drug-likeness (QED) is 0.678. The molecule has 2 heteroatoms. The van der Waals surface area contributed by atoms with Gasteiger partial charge in [0.2, 0.25) is 0 Å². The average molecular weight is 168 g/mol. The minimum atomic E-state index is 1.15. The number of aliphatic imine (C=N–C) groups is 1. The summed E-state index contributed by atoms with van der Waals surface area (Å²) in [5.74, 6) is 0. The van der Waals surface area contributed by atoms with Crippen molar-refractivity contribution in [2.24, 2.45) is 4.99 Å². The van der Waals surface area contributed by atoms with Crippen molar-refractivity contribution in [3.05, 3.63) is 42.2 Å². The fraction of sp³-hybridized carbons (Fsp3) is 0. The lowest BCUT2D eigenvalue weighted by Crippen LogP contribution is -1.91. The second-order valence-electron chi connectivity index (χ2n) is 3.13. The predicted octanol–water partition coefficient (Wildman–Crippen LogP) is 2.59. The van der Waals surface area contributed by atoms with Crippen LogP contribution in [0.1, 0.15) is 5.69 Å². The number of H-pyrrole nitrogens is 1. The van der Waals surface area contributed by atoms with E-state index >= 15 is 0 Å². The Labute approximate surface area is 75.6 Å². The van der Waals surface area contributed by atoms with Gasteiger partial charge in [0.15, 0.2) is 0 Å². The van der Waals surface area contributed by atoms with Crippen molar-refractivity contribution in [3.63, 3.8) is 0 Å². The van der Waals surface area contributed by atoms with Crippen molar-refractivity contribution < 1.29 is 0 Å². The highest BCUT2D eigenvalue weighted by molar-refractivity contribution is 6.14. The summed E-state index contributed by atoms with van der Waals surface area (Å²) in [6.07, 6.45) is 3.73. The summed E-state index contributed by atoms with van der Waals surface area (Å²) in [6.45, 7) is 0. The lowest BCUT2D eigenvalue weighted by molar-refractivity contribution is 1.39. The van der Waals surface area contributed by atoms with Crippen LogP contribution < -0.4 is 0 Å². The van der Waals surface area contributed by atoms with Crippen molar-refractivity contribution in [1.82, 2.24) is 4.98 Å². The van der Waals surface area contributed by atoms with Gasteiger partial charge in [0.05, 0.1) is 0 Å². The van der Waals surface area contributed by atoms with Gasteiger partial charge >= 0.3 is 0 Å². The molecule has 0 amide bonds. The first-order chi connectivity index (χ1) is 6.43. The van der Waals surface area contributed by atoms with E-state index in [4.69, 9.17) is 0 Å². The molecule has 0 saturated carbocycles. The smallest absolute Gasteiger partial charge is 0.0496 e. The zero-order valence-corrected chi connectivity index (χ0v) is 6.99. The lowest BCUT2D eigenvalue weighted by atomic mass is 10.2. The van der Waals surface area contributed by atoms with Crippen molar-refractivity contribution >= 4 is 22.7 Å². The molecule has 2 nitrogen and oxygen atoms in total. The van der Waals surface area contributed by atoms with Gasteiger partial charge in [-0.2, -0.15) is 0 Å². The van der Waals surface area contributed by atoms with Gasteiger partial charge in [0, 0.05) is 34.6 Å². The molecule has 0 atom stereocenters. The van der Waals surface area contributed by atoms with Gasteiger partial charge in [-0.25, -0.2) is 0 Å². The van der Waals surface area contributed by atoms with E-state index in [2.05, 4.69) is 28.2 Å². The lowest BCUT2D eigenvalue weighted by Gasteiger charge is -2.01. The normalized spacial score (nSPS) is 14.3. The van der Waals surface area contributed by atoms with Crippen LogP contribution in [0.25, 0.3) is 16.5 Å². The zero-order chi connectivity index (χ0) is 8.67. The molecule has 0 spiro atoms. The van der Waals surface area contributed by atoms with Crippen molar-refractivity contribution in [3.8, 4) is 0 Å². The van der Waals surface area contributed by atoms with Crippen molar-refractivity contribution in [2.75, 3.05) is 0 Å². The Bertz CT molecular complexity index is 485. The molecule has 0 aliphatic carbocycles. The van der Waals surface area contributed by atoms with E-state index < -0.39 is 0 Å². The molecule has 62 valence electrons. The van der Waals surface area contributed by atoms with Gasteiger partial charge in [-0.1, -0.05) is 18.2 Å². The molecule has 0 saturated heterocycles. The van der Waals surface area contributed by atoms with E-state index in [-0.39, 0.29) is 0 Å². The second kappa shape index (κ2) is 2.33. The van der Waals surface area contributed by atoms with E-state index in [0.29, 0.717) is 0 Å². The molecule has 2 heterocycles. The Hall–Kier alpha value is -1.83. The van der Waals surface area contributed by atoms with Crippen molar-refractivity contribution in [2.45, 2.75) is 0 Å². The molecule has 2 aromatic rings. The molecular weight excluding hydrogens is 160 g/mol. The number of rotatable bonds is 1. The summed E-state index contributed by atoms with van der Waals surface area (Å²) in [6, 6.07) is 10.4. The van der Waals surface area contributed by atoms with Gasteiger partial charge in [-0.15, -0.1) is 0 Å². The fourth-order valence-corrected chi connectivity index (χ4v) is 1.52. The summed E-state index contributed by atoms with van der Waals surface area (Å²) in [7, 11) is 0. The minimum absolute atomic E-state index is 1.15. The van der Waals surface area contributed by atoms with E-state index in [0.717, 1.165) is 5.69 Å². The Kier molecular flexibility index (Phi) is 1.19. The molecule has 0 bridgehead atoms. The van der Waals surface area contributed by atoms with E-state index in [1.54, 1.807) is 0 Å². The molecular formula is C11H8N2. The molecule has 1 aromatic heterocycles. The first-order valence-electron chi connectivity index (χ1n) is 4.25. The molecule has 0 unspecified atom stereocenters.